The molecule has 110 valence electrons. The third kappa shape index (κ3) is 3.32. The number of anilines is 1. The molecule has 3 heteroatoms. The average Bonchev–Trinajstić information content (AvgIpc) is 2.90. The molecule has 1 aliphatic heterocycles. The van der Waals surface area contributed by atoms with Crippen LogP contribution >= 0.6 is 0 Å². The van der Waals surface area contributed by atoms with Crippen LogP contribution in [0.5, 0.6) is 0 Å². The first kappa shape index (κ1) is 13.9. The molecular weight excluding hydrogens is 251 g/mol. The third-order valence-electron chi connectivity index (χ3n) is 5.16. The number of nitrogens with zero attached hydrogens (tertiary/aromatic N) is 1. The van der Waals surface area contributed by atoms with Crippen molar-refractivity contribution < 1.29 is 4.39 Å². The Morgan fingerprint density at radius 2 is 1.85 bits per heavy atom. The second kappa shape index (κ2) is 6.13. The number of hydrogen-bond donors (Lipinski definition) is 1. The van der Waals surface area contributed by atoms with Crippen LogP contribution in [0.15, 0.2) is 24.3 Å². The molecule has 0 bridgehead atoms. The highest BCUT2D eigenvalue weighted by Crippen LogP contribution is 2.45. The van der Waals surface area contributed by atoms with Crippen LogP contribution in [0, 0.1) is 11.2 Å². The normalized spacial score (nSPS) is 22.2. The van der Waals surface area contributed by atoms with Crippen molar-refractivity contribution in [1.29, 1.82) is 0 Å². The lowest BCUT2D eigenvalue weighted by atomic mass is 9.77. The fraction of sp³-hybridized carbons (Fsp3) is 0.647. The molecule has 1 aliphatic carbocycles. The van der Waals surface area contributed by atoms with E-state index in [1.54, 1.807) is 12.1 Å². The molecule has 20 heavy (non-hydrogen) atoms. The quantitative estimate of drug-likeness (QED) is 0.897. The maximum Gasteiger partial charge on any atom is 0.125 e. The van der Waals surface area contributed by atoms with Crippen LogP contribution in [0.25, 0.3) is 0 Å². The fourth-order valence-corrected chi connectivity index (χ4v) is 3.83. The molecule has 0 aromatic heterocycles. The smallest absolute Gasteiger partial charge is 0.125 e. The van der Waals surface area contributed by atoms with E-state index in [0.717, 1.165) is 18.8 Å². The molecule has 0 amide bonds. The van der Waals surface area contributed by atoms with Crippen molar-refractivity contribution in [3.05, 3.63) is 30.1 Å². The van der Waals surface area contributed by atoms with E-state index in [0.29, 0.717) is 5.41 Å². The van der Waals surface area contributed by atoms with E-state index in [1.807, 2.05) is 6.07 Å². The highest BCUT2D eigenvalue weighted by Gasteiger charge is 2.36. The molecule has 0 radical (unpaired) electrons. The zero-order chi connectivity index (χ0) is 13.8. The van der Waals surface area contributed by atoms with E-state index < -0.39 is 0 Å². The zero-order valence-electron chi connectivity index (χ0n) is 12.2. The summed E-state index contributed by atoms with van der Waals surface area (Å²) in [6, 6.07) is 6.72. The summed E-state index contributed by atoms with van der Waals surface area (Å²) in [6.07, 6.45) is 8.58. The maximum atomic E-state index is 13.1. The number of benzene rings is 1. The number of nitrogens with one attached hydrogen (secondary N) is 1. The van der Waals surface area contributed by atoms with Gasteiger partial charge >= 0.3 is 0 Å². The van der Waals surface area contributed by atoms with Gasteiger partial charge in [0.15, 0.2) is 0 Å². The van der Waals surface area contributed by atoms with E-state index in [2.05, 4.69) is 10.2 Å². The van der Waals surface area contributed by atoms with Crippen LogP contribution in [0.3, 0.4) is 0 Å². The number of halogens is 1. The summed E-state index contributed by atoms with van der Waals surface area (Å²) in [5.74, 6) is -0.170. The first-order valence-corrected chi connectivity index (χ1v) is 7.98. The minimum atomic E-state index is -0.170. The molecule has 1 aromatic carbocycles. The lowest BCUT2D eigenvalue weighted by Crippen LogP contribution is -2.40. The standard InChI is InChI=1S/C17H25FN2/c18-15-4-3-5-16(14-15)19-10-13-20-11-8-17(9-12-20)6-1-2-7-17/h3-5,14,19H,1-2,6-13H2. The molecule has 1 saturated carbocycles. The number of hydrogen-bond acceptors (Lipinski definition) is 2. The van der Waals surface area contributed by atoms with Crippen LogP contribution in [0.1, 0.15) is 38.5 Å². The molecule has 1 aromatic rings. The highest BCUT2D eigenvalue weighted by atomic mass is 19.1. The van der Waals surface area contributed by atoms with Gasteiger partial charge in [-0.3, -0.25) is 0 Å². The minimum absolute atomic E-state index is 0.170. The SMILES string of the molecule is Fc1cccc(NCCN2CCC3(CCCC3)CC2)c1. The summed E-state index contributed by atoms with van der Waals surface area (Å²) in [5, 5.41) is 3.31. The van der Waals surface area contributed by atoms with Gasteiger partial charge in [0.05, 0.1) is 0 Å². The van der Waals surface area contributed by atoms with Gasteiger partial charge in [-0.05, 0) is 62.4 Å². The molecule has 2 fully saturated rings. The molecule has 1 heterocycles. The van der Waals surface area contributed by atoms with E-state index in [1.165, 1.54) is 57.7 Å². The summed E-state index contributed by atoms with van der Waals surface area (Å²) in [7, 11) is 0. The molecule has 0 atom stereocenters. The Morgan fingerprint density at radius 1 is 1.10 bits per heavy atom. The molecule has 1 saturated heterocycles. The first-order valence-electron chi connectivity index (χ1n) is 7.98. The second-order valence-corrected chi connectivity index (χ2v) is 6.49. The average molecular weight is 276 g/mol. The van der Waals surface area contributed by atoms with E-state index in [9.17, 15) is 4.39 Å². The zero-order valence-corrected chi connectivity index (χ0v) is 12.2. The fourth-order valence-electron chi connectivity index (χ4n) is 3.83. The minimum Gasteiger partial charge on any atom is -0.384 e. The van der Waals surface area contributed by atoms with Gasteiger partial charge in [-0.1, -0.05) is 18.9 Å². The van der Waals surface area contributed by atoms with Gasteiger partial charge in [0, 0.05) is 18.8 Å². The van der Waals surface area contributed by atoms with Crippen LogP contribution in [-0.2, 0) is 0 Å². The summed E-state index contributed by atoms with van der Waals surface area (Å²) < 4.78 is 13.1. The van der Waals surface area contributed by atoms with Crippen molar-refractivity contribution in [2.75, 3.05) is 31.5 Å². The Bertz CT molecular complexity index is 430. The van der Waals surface area contributed by atoms with Crippen molar-refractivity contribution in [2.45, 2.75) is 38.5 Å². The summed E-state index contributed by atoms with van der Waals surface area (Å²) >= 11 is 0. The van der Waals surface area contributed by atoms with E-state index in [4.69, 9.17) is 0 Å². The maximum absolute atomic E-state index is 13.1. The van der Waals surface area contributed by atoms with Crippen LogP contribution in [0.2, 0.25) is 0 Å². The third-order valence-corrected chi connectivity index (χ3v) is 5.16. The summed E-state index contributed by atoms with van der Waals surface area (Å²) in [5.41, 5.74) is 1.58. The predicted molar refractivity (Wildman–Crippen MR) is 81.5 cm³/mol. The molecule has 2 aliphatic rings. The van der Waals surface area contributed by atoms with Gasteiger partial charge < -0.3 is 10.2 Å². The van der Waals surface area contributed by atoms with Crippen LogP contribution < -0.4 is 5.32 Å². The molecule has 1 N–H and O–H groups in total. The van der Waals surface area contributed by atoms with Gasteiger partial charge in [0.2, 0.25) is 0 Å². The largest absolute Gasteiger partial charge is 0.384 e. The van der Waals surface area contributed by atoms with Crippen LogP contribution in [0.4, 0.5) is 10.1 Å². The Hall–Kier alpha value is -1.09. The number of piperidine rings is 1. The Morgan fingerprint density at radius 3 is 2.55 bits per heavy atom. The van der Waals surface area contributed by atoms with Gasteiger partial charge in [0.1, 0.15) is 5.82 Å². The second-order valence-electron chi connectivity index (χ2n) is 6.49. The van der Waals surface area contributed by atoms with Gasteiger partial charge in [-0.25, -0.2) is 4.39 Å². The van der Waals surface area contributed by atoms with Crippen LogP contribution in [-0.4, -0.2) is 31.1 Å². The molecule has 1 spiro atoms. The van der Waals surface area contributed by atoms with Crippen molar-refractivity contribution in [2.24, 2.45) is 5.41 Å². The summed E-state index contributed by atoms with van der Waals surface area (Å²) in [6.45, 7) is 4.44. The van der Waals surface area contributed by atoms with Gasteiger partial charge in [-0.15, -0.1) is 0 Å². The van der Waals surface area contributed by atoms with Crippen molar-refractivity contribution in [3.8, 4) is 0 Å². The Labute approximate surface area is 121 Å². The van der Waals surface area contributed by atoms with Gasteiger partial charge in [0.25, 0.3) is 0 Å². The predicted octanol–water partition coefficient (Wildman–Crippen LogP) is 3.89. The molecule has 3 rings (SSSR count). The molecule has 0 unspecified atom stereocenters. The molecular formula is C17H25FN2. The van der Waals surface area contributed by atoms with Crippen molar-refractivity contribution >= 4 is 5.69 Å². The number of rotatable bonds is 4. The first-order chi connectivity index (χ1) is 9.76. The van der Waals surface area contributed by atoms with Crippen molar-refractivity contribution in [1.82, 2.24) is 4.90 Å². The monoisotopic (exact) mass is 276 g/mol. The Kier molecular flexibility index (Phi) is 4.25. The van der Waals surface area contributed by atoms with E-state index >= 15 is 0 Å². The topological polar surface area (TPSA) is 15.3 Å². The lowest BCUT2D eigenvalue weighted by molar-refractivity contribution is 0.112. The van der Waals surface area contributed by atoms with Crippen molar-refractivity contribution in [3.63, 3.8) is 0 Å². The highest BCUT2D eigenvalue weighted by molar-refractivity contribution is 5.42. The summed E-state index contributed by atoms with van der Waals surface area (Å²) in [4.78, 5) is 2.55. The number of likely N-dealkylation sites (tertiary alicyclic amines) is 1. The van der Waals surface area contributed by atoms with Gasteiger partial charge in [-0.2, -0.15) is 0 Å². The van der Waals surface area contributed by atoms with E-state index in [-0.39, 0.29) is 5.82 Å². The lowest BCUT2D eigenvalue weighted by Gasteiger charge is -2.39. The molecule has 2 nitrogen and oxygen atoms in total. The Balaban J connectivity index is 1.39.